The number of hydrogen-bond donors (Lipinski definition) is 1. The zero-order valence-corrected chi connectivity index (χ0v) is 11.5. The molecule has 0 saturated carbocycles. The van der Waals surface area contributed by atoms with E-state index in [1.165, 1.54) is 6.07 Å². The second-order valence-electron chi connectivity index (χ2n) is 3.41. The number of halogens is 3. The summed E-state index contributed by atoms with van der Waals surface area (Å²) in [5.41, 5.74) is 0. The van der Waals surface area contributed by atoms with Crippen molar-refractivity contribution in [2.45, 2.75) is 4.90 Å². The number of sulfonamides is 1. The largest absolute Gasteiger partial charge is 0.264 e. The molecule has 1 aromatic heterocycles. The number of rotatable bonds is 3. The molecule has 1 heterocycles. The van der Waals surface area contributed by atoms with Crippen LogP contribution >= 0.6 is 23.2 Å². The van der Waals surface area contributed by atoms with Crippen LogP contribution in [0.2, 0.25) is 10.2 Å². The molecular weight excluding hydrogens is 316 g/mol. The molecule has 1 aromatic carbocycles. The standard InChI is InChI=1S/C10H6Cl2FN3O2S/c11-7-3-6(13)1-2-8(7)19(17,18)16-10-4-9(12)14-5-15-10/h1-5H,(H,14,15,16). The summed E-state index contributed by atoms with van der Waals surface area (Å²) >= 11 is 11.3. The Morgan fingerprint density at radius 3 is 2.53 bits per heavy atom. The van der Waals surface area contributed by atoms with E-state index in [2.05, 4.69) is 14.7 Å². The van der Waals surface area contributed by atoms with Crippen molar-refractivity contribution in [3.8, 4) is 0 Å². The van der Waals surface area contributed by atoms with E-state index in [9.17, 15) is 12.8 Å². The van der Waals surface area contributed by atoms with Crippen LogP contribution in [0.3, 0.4) is 0 Å². The van der Waals surface area contributed by atoms with Crippen molar-refractivity contribution in [2.75, 3.05) is 4.72 Å². The molecule has 2 rings (SSSR count). The van der Waals surface area contributed by atoms with Gasteiger partial charge >= 0.3 is 0 Å². The molecule has 0 aliphatic heterocycles. The summed E-state index contributed by atoms with van der Waals surface area (Å²) in [5.74, 6) is -0.644. The predicted molar refractivity (Wildman–Crippen MR) is 69.3 cm³/mol. The van der Waals surface area contributed by atoms with Gasteiger partial charge in [-0.1, -0.05) is 23.2 Å². The van der Waals surface area contributed by atoms with Gasteiger partial charge < -0.3 is 0 Å². The maximum Gasteiger partial charge on any atom is 0.264 e. The minimum atomic E-state index is -3.98. The summed E-state index contributed by atoms with van der Waals surface area (Å²) in [5, 5.41) is -0.148. The molecule has 5 nitrogen and oxygen atoms in total. The molecule has 0 atom stereocenters. The Bertz CT molecular complexity index is 724. The average molecular weight is 322 g/mol. The van der Waals surface area contributed by atoms with Gasteiger partial charge in [0, 0.05) is 6.07 Å². The van der Waals surface area contributed by atoms with Crippen LogP contribution in [0.15, 0.2) is 35.5 Å². The Balaban J connectivity index is 2.38. The monoisotopic (exact) mass is 321 g/mol. The summed E-state index contributed by atoms with van der Waals surface area (Å²) in [7, 11) is -3.98. The van der Waals surface area contributed by atoms with Crippen molar-refractivity contribution in [1.29, 1.82) is 0 Å². The number of anilines is 1. The summed E-state index contributed by atoms with van der Waals surface area (Å²) < 4.78 is 39.1. The van der Waals surface area contributed by atoms with Crippen LogP contribution in [0.1, 0.15) is 0 Å². The van der Waals surface area contributed by atoms with Crippen LogP contribution < -0.4 is 4.72 Å². The van der Waals surface area contributed by atoms with Gasteiger partial charge in [0.1, 0.15) is 28.0 Å². The molecule has 0 aliphatic carbocycles. The van der Waals surface area contributed by atoms with Gasteiger partial charge in [0.25, 0.3) is 10.0 Å². The Hall–Kier alpha value is -1.44. The van der Waals surface area contributed by atoms with E-state index in [0.717, 1.165) is 24.5 Å². The van der Waals surface area contributed by atoms with Crippen molar-refractivity contribution >= 4 is 39.0 Å². The van der Waals surface area contributed by atoms with E-state index in [-0.39, 0.29) is 20.9 Å². The number of hydrogen-bond acceptors (Lipinski definition) is 4. The molecule has 0 fully saturated rings. The van der Waals surface area contributed by atoms with E-state index in [1.54, 1.807) is 0 Å². The lowest BCUT2D eigenvalue weighted by atomic mass is 10.3. The minimum Gasteiger partial charge on any atom is -0.263 e. The van der Waals surface area contributed by atoms with Crippen molar-refractivity contribution in [2.24, 2.45) is 0 Å². The van der Waals surface area contributed by atoms with Crippen LogP contribution in [0.5, 0.6) is 0 Å². The van der Waals surface area contributed by atoms with Crippen LogP contribution in [0, 0.1) is 5.82 Å². The van der Waals surface area contributed by atoms with Crippen LogP contribution in [0.25, 0.3) is 0 Å². The fourth-order valence-corrected chi connectivity index (χ4v) is 2.95. The number of nitrogens with one attached hydrogen (secondary N) is 1. The first kappa shape index (κ1) is 14.0. The van der Waals surface area contributed by atoms with Crippen molar-refractivity contribution in [3.05, 3.63) is 46.6 Å². The third-order valence-electron chi connectivity index (χ3n) is 2.06. The van der Waals surface area contributed by atoms with Crippen LogP contribution in [-0.4, -0.2) is 18.4 Å². The van der Waals surface area contributed by atoms with Gasteiger partial charge in [-0.15, -0.1) is 0 Å². The number of aromatic nitrogens is 2. The third-order valence-corrected chi connectivity index (χ3v) is 4.10. The lowest BCUT2D eigenvalue weighted by molar-refractivity contribution is 0.599. The highest BCUT2D eigenvalue weighted by Crippen LogP contribution is 2.24. The van der Waals surface area contributed by atoms with Crippen molar-refractivity contribution < 1.29 is 12.8 Å². The second-order valence-corrected chi connectivity index (χ2v) is 5.85. The molecule has 1 N–H and O–H groups in total. The minimum absolute atomic E-state index is 0.0135. The summed E-state index contributed by atoms with van der Waals surface area (Å²) in [6.45, 7) is 0. The van der Waals surface area contributed by atoms with E-state index in [1.807, 2.05) is 0 Å². The lowest BCUT2D eigenvalue weighted by Gasteiger charge is -2.08. The lowest BCUT2D eigenvalue weighted by Crippen LogP contribution is -2.14. The first-order valence-electron chi connectivity index (χ1n) is 4.84. The molecule has 0 spiro atoms. The van der Waals surface area contributed by atoms with Gasteiger partial charge in [0.05, 0.1) is 5.02 Å². The zero-order chi connectivity index (χ0) is 14.0. The molecule has 2 aromatic rings. The highest BCUT2D eigenvalue weighted by molar-refractivity contribution is 7.92. The van der Waals surface area contributed by atoms with Gasteiger partial charge in [-0.05, 0) is 18.2 Å². The van der Waals surface area contributed by atoms with Gasteiger partial charge in [0.15, 0.2) is 0 Å². The molecule has 100 valence electrons. The highest BCUT2D eigenvalue weighted by atomic mass is 35.5. The maximum absolute atomic E-state index is 12.9. The molecule has 0 saturated heterocycles. The fraction of sp³-hybridized carbons (Fsp3) is 0. The van der Waals surface area contributed by atoms with Crippen LogP contribution in [0.4, 0.5) is 10.2 Å². The molecule has 0 amide bonds. The van der Waals surface area contributed by atoms with E-state index in [4.69, 9.17) is 23.2 Å². The predicted octanol–water partition coefficient (Wildman–Crippen LogP) is 2.72. The van der Waals surface area contributed by atoms with E-state index < -0.39 is 15.8 Å². The average Bonchev–Trinajstić information content (AvgIpc) is 2.27. The first-order valence-corrected chi connectivity index (χ1v) is 7.08. The zero-order valence-electron chi connectivity index (χ0n) is 9.14. The van der Waals surface area contributed by atoms with E-state index in [0.29, 0.717) is 0 Å². The SMILES string of the molecule is O=S(=O)(Nc1cc(Cl)ncn1)c1ccc(F)cc1Cl. The van der Waals surface area contributed by atoms with Gasteiger partial charge in [0.2, 0.25) is 0 Å². The summed E-state index contributed by atoms with van der Waals surface area (Å²) in [6, 6.07) is 4.19. The van der Waals surface area contributed by atoms with Gasteiger partial charge in [-0.25, -0.2) is 22.8 Å². The summed E-state index contributed by atoms with van der Waals surface area (Å²) in [6.07, 6.45) is 1.10. The molecule has 0 aliphatic rings. The smallest absolute Gasteiger partial charge is 0.263 e. The second kappa shape index (κ2) is 5.28. The Labute approximate surface area is 118 Å². The van der Waals surface area contributed by atoms with Crippen LogP contribution in [-0.2, 0) is 10.0 Å². The van der Waals surface area contributed by atoms with Gasteiger partial charge in [-0.3, -0.25) is 4.72 Å². The molecule has 9 heteroatoms. The molecular formula is C10H6Cl2FN3O2S. The topological polar surface area (TPSA) is 72.0 Å². The Morgan fingerprint density at radius 2 is 1.89 bits per heavy atom. The normalized spacial score (nSPS) is 11.3. The maximum atomic E-state index is 12.9. The first-order chi connectivity index (χ1) is 8.88. The van der Waals surface area contributed by atoms with Gasteiger partial charge in [-0.2, -0.15) is 0 Å². The fourth-order valence-electron chi connectivity index (χ4n) is 1.28. The highest BCUT2D eigenvalue weighted by Gasteiger charge is 2.19. The van der Waals surface area contributed by atoms with E-state index >= 15 is 0 Å². The Morgan fingerprint density at radius 1 is 1.16 bits per heavy atom. The Kier molecular flexibility index (Phi) is 3.88. The van der Waals surface area contributed by atoms with Crippen molar-refractivity contribution in [3.63, 3.8) is 0 Å². The molecule has 0 unspecified atom stereocenters. The number of benzene rings is 1. The molecule has 0 radical (unpaired) electrons. The molecule has 0 bridgehead atoms. The quantitative estimate of drug-likeness (QED) is 0.882. The number of nitrogens with zero attached hydrogens (tertiary/aromatic N) is 2. The summed E-state index contributed by atoms with van der Waals surface area (Å²) in [4.78, 5) is 7.05. The molecule has 19 heavy (non-hydrogen) atoms. The van der Waals surface area contributed by atoms with Crippen molar-refractivity contribution in [1.82, 2.24) is 9.97 Å². The third kappa shape index (κ3) is 3.31.